The van der Waals surface area contributed by atoms with E-state index in [4.69, 9.17) is 9.15 Å². The van der Waals surface area contributed by atoms with Crippen molar-refractivity contribution in [2.75, 3.05) is 11.9 Å². The van der Waals surface area contributed by atoms with Crippen LogP contribution in [0.15, 0.2) is 64.4 Å². The molecule has 29 heavy (non-hydrogen) atoms. The Balaban J connectivity index is 1.42. The van der Waals surface area contributed by atoms with E-state index >= 15 is 0 Å². The summed E-state index contributed by atoms with van der Waals surface area (Å²) in [4.78, 5) is 17.1. The molecule has 5 nitrogen and oxygen atoms in total. The Morgan fingerprint density at radius 1 is 1.14 bits per heavy atom. The third kappa shape index (κ3) is 4.66. The van der Waals surface area contributed by atoms with Crippen molar-refractivity contribution in [1.82, 2.24) is 4.98 Å². The van der Waals surface area contributed by atoms with Crippen LogP contribution in [0.1, 0.15) is 36.5 Å². The zero-order chi connectivity index (χ0) is 20.1. The number of ether oxygens (including phenoxy) is 1. The predicted molar refractivity (Wildman–Crippen MR) is 117 cm³/mol. The monoisotopic (exact) mass is 406 g/mol. The molecule has 0 fully saturated rings. The molecule has 2 aromatic carbocycles. The van der Waals surface area contributed by atoms with Crippen LogP contribution >= 0.6 is 11.3 Å². The van der Waals surface area contributed by atoms with Crippen molar-refractivity contribution < 1.29 is 13.9 Å². The lowest BCUT2D eigenvalue weighted by Gasteiger charge is -2.07. The van der Waals surface area contributed by atoms with Gasteiger partial charge < -0.3 is 9.15 Å². The molecule has 1 amide bonds. The number of rotatable bonds is 8. The molecule has 0 atom stereocenters. The maximum Gasteiger partial charge on any atom is 0.257 e. The molecule has 0 aliphatic rings. The molecule has 0 saturated carbocycles. The van der Waals surface area contributed by atoms with Gasteiger partial charge in [0.05, 0.1) is 6.61 Å². The van der Waals surface area contributed by atoms with E-state index in [2.05, 4.69) is 17.2 Å². The standard InChI is InChI=1S/C23H22N2O3S/c1-2-3-6-12-27-18-10-7-9-17(13-18)22(26)25-23-24-19(15-29-23)21-14-16-8-4-5-11-20(16)28-21/h4-5,7-11,13-15H,2-3,6,12H2,1H3,(H,24,25,26). The fraction of sp³-hybridized carbons (Fsp3) is 0.217. The maximum atomic E-state index is 12.6. The first-order valence-corrected chi connectivity index (χ1v) is 10.6. The highest BCUT2D eigenvalue weighted by atomic mass is 32.1. The summed E-state index contributed by atoms with van der Waals surface area (Å²) in [5, 5.41) is 6.28. The number of carbonyl (C=O) groups is 1. The lowest BCUT2D eigenvalue weighted by atomic mass is 10.2. The highest BCUT2D eigenvalue weighted by molar-refractivity contribution is 7.14. The number of unbranched alkanes of at least 4 members (excludes halogenated alkanes) is 2. The Morgan fingerprint density at radius 3 is 2.90 bits per heavy atom. The number of furan rings is 1. The van der Waals surface area contributed by atoms with Crippen LogP contribution in [0.5, 0.6) is 5.75 Å². The molecular weight excluding hydrogens is 384 g/mol. The van der Waals surface area contributed by atoms with Crippen molar-refractivity contribution in [2.24, 2.45) is 0 Å². The lowest BCUT2D eigenvalue weighted by Crippen LogP contribution is -2.11. The van der Waals surface area contributed by atoms with Gasteiger partial charge in [-0.25, -0.2) is 4.98 Å². The van der Waals surface area contributed by atoms with E-state index in [1.165, 1.54) is 11.3 Å². The highest BCUT2D eigenvalue weighted by Gasteiger charge is 2.13. The first-order valence-electron chi connectivity index (χ1n) is 9.71. The maximum absolute atomic E-state index is 12.6. The fourth-order valence-electron chi connectivity index (χ4n) is 2.99. The topological polar surface area (TPSA) is 64.4 Å². The van der Waals surface area contributed by atoms with E-state index in [1.54, 1.807) is 12.1 Å². The highest BCUT2D eigenvalue weighted by Crippen LogP contribution is 2.30. The van der Waals surface area contributed by atoms with Crippen molar-refractivity contribution in [3.8, 4) is 17.2 Å². The van der Waals surface area contributed by atoms with Crippen molar-refractivity contribution in [1.29, 1.82) is 0 Å². The molecular formula is C23H22N2O3S. The molecule has 2 aromatic heterocycles. The molecule has 4 rings (SSSR count). The Hall–Kier alpha value is -3.12. The summed E-state index contributed by atoms with van der Waals surface area (Å²) in [7, 11) is 0. The van der Waals surface area contributed by atoms with Crippen LogP contribution in [0.25, 0.3) is 22.4 Å². The summed E-state index contributed by atoms with van der Waals surface area (Å²) in [6.45, 7) is 2.81. The molecule has 0 unspecified atom stereocenters. The van der Waals surface area contributed by atoms with Crippen LogP contribution in [0.2, 0.25) is 0 Å². The van der Waals surface area contributed by atoms with Crippen LogP contribution in [-0.4, -0.2) is 17.5 Å². The van der Waals surface area contributed by atoms with Gasteiger partial charge in [0.2, 0.25) is 0 Å². The number of nitrogens with zero attached hydrogens (tertiary/aromatic N) is 1. The normalized spacial score (nSPS) is 10.9. The van der Waals surface area contributed by atoms with Gasteiger partial charge in [0.15, 0.2) is 10.9 Å². The number of anilines is 1. The molecule has 0 aliphatic carbocycles. The molecule has 148 valence electrons. The minimum absolute atomic E-state index is 0.213. The van der Waals surface area contributed by atoms with E-state index < -0.39 is 0 Å². The molecule has 2 heterocycles. The van der Waals surface area contributed by atoms with E-state index in [1.807, 2.05) is 47.8 Å². The van der Waals surface area contributed by atoms with Crippen molar-refractivity contribution in [3.05, 3.63) is 65.5 Å². The fourth-order valence-corrected chi connectivity index (χ4v) is 3.69. The van der Waals surface area contributed by atoms with Gasteiger partial charge in [-0.15, -0.1) is 11.3 Å². The Bertz CT molecular complexity index is 1080. The molecule has 0 radical (unpaired) electrons. The molecule has 4 aromatic rings. The first-order chi connectivity index (χ1) is 14.2. The minimum Gasteiger partial charge on any atom is -0.494 e. The van der Waals surface area contributed by atoms with Crippen LogP contribution in [0.3, 0.4) is 0 Å². The van der Waals surface area contributed by atoms with Gasteiger partial charge >= 0.3 is 0 Å². The number of benzene rings is 2. The number of nitrogens with one attached hydrogen (secondary N) is 1. The van der Waals surface area contributed by atoms with Gasteiger partial charge in [0.25, 0.3) is 5.91 Å². The van der Waals surface area contributed by atoms with E-state index in [0.29, 0.717) is 34.5 Å². The second-order valence-corrected chi connectivity index (χ2v) is 7.58. The van der Waals surface area contributed by atoms with Crippen molar-refractivity contribution in [2.45, 2.75) is 26.2 Å². The number of hydrogen-bond donors (Lipinski definition) is 1. The van der Waals surface area contributed by atoms with E-state index in [-0.39, 0.29) is 5.91 Å². The van der Waals surface area contributed by atoms with Crippen molar-refractivity contribution in [3.63, 3.8) is 0 Å². The first kappa shape index (κ1) is 19.2. The summed E-state index contributed by atoms with van der Waals surface area (Å²) in [6, 6.07) is 17.0. The van der Waals surface area contributed by atoms with Gasteiger partial charge in [-0.1, -0.05) is 44.0 Å². The number of hydrogen-bond acceptors (Lipinski definition) is 5. The second kappa shape index (κ2) is 8.92. The molecule has 0 saturated heterocycles. The zero-order valence-electron chi connectivity index (χ0n) is 16.2. The number of para-hydroxylation sites is 1. The third-order valence-electron chi connectivity index (χ3n) is 4.52. The summed E-state index contributed by atoms with van der Waals surface area (Å²) >= 11 is 1.37. The van der Waals surface area contributed by atoms with Crippen molar-refractivity contribution >= 4 is 33.3 Å². The number of fused-ring (bicyclic) bond motifs is 1. The van der Waals surface area contributed by atoms with Crippen LogP contribution < -0.4 is 10.1 Å². The van der Waals surface area contributed by atoms with Crippen LogP contribution in [0, 0.1) is 0 Å². The van der Waals surface area contributed by atoms with Gasteiger partial charge in [0.1, 0.15) is 17.0 Å². The number of amides is 1. The summed E-state index contributed by atoms with van der Waals surface area (Å²) in [5.41, 5.74) is 2.06. The smallest absolute Gasteiger partial charge is 0.257 e. The zero-order valence-corrected chi connectivity index (χ0v) is 17.0. The molecule has 0 bridgehead atoms. The quantitative estimate of drug-likeness (QED) is 0.345. The molecule has 6 heteroatoms. The Labute approximate surface area is 173 Å². The minimum atomic E-state index is -0.213. The lowest BCUT2D eigenvalue weighted by molar-refractivity contribution is 0.102. The van der Waals surface area contributed by atoms with Crippen LogP contribution in [0.4, 0.5) is 5.13 Å². The average Bonchev–Trinajstić information content (AvgIpc) is 3.38. The summed E-state index contributed by atoms with van der Waals surface area (Å²) in [5.74, 6) is 1.18. The van der Waals surface area contributed by atoms with E-state index in [0.717, 1.165) is 30.2 Å². The Kier molecular flexibility index (Phi) is 5.91. The molecule has 0 aliphatic heterocycles. The van der Waals surface area contributed by atoms with Crippen LogP contribution in [-0.2, 0) is 0 Å². The summed E-state index contributed by atoms with van der Waals surface area (Å²) < 4.78 is 11.6. The second-order valence-electron chi connectivity index (χ2n) is 6.72. The van der Waals surface area contributed by atoms with Gasteiger partial charge in [-0.2, -0.15) is 0 Å². The Morgan fingerprint density at radius 2 is 2.03 bits per heavy atom. The van der Waals surface area contributed by atoms with Gasteiger partial charge in [-0.3, -0.25) is 10.1 Å². The summed E-state index contributed by atoms with van der Waals surface area (Å²) in [6.07, 6.45) is 3.30. The molecule has 0 spiro atoms. The average molecular weight is 407 g/mol. The SMILES string of the molecule is CCCCCOc1cccc(C(=O)Nc2nc(-c3cc4ccccc4o3)cs2)c1. The van der Waals surface area contributed by atoms with Gasteiger partial charge in [0, 0.05) is 16.3 Å². The third-order valence-corrected chi connectivity index (χ3v) is 5.27. The number of aromatic nitrogens is 1. The predicted octanol–water partition coefficient (Wildman–Crippen LogP) is 6.38. The van der Waals surface area contributed by atoms with Gasteiger partial charge in [-0.05, 0) is 36.8 Å². The largest absolute Gasteiger partial charge is 0.494 e. The molecule has 1 N–H and O–H groups in total. The van der Waals surface area contributed by atoms with E-state index in [9.17, 15) is 4.79 Å². The number of thiazole rings is 1. The number of carbonyl (C=O) groups excluding carboxylic acids is 1.